The maximum absolute atomic E-state index is 13.6. The number of carbonyl (C=O) groups is 1. The van der Waals surface area contributed by atoms with Crippen molar-refractivity contribution in [2.45, 2.75) is 12.6 Å². The second-order valence-electron chi connectivity index (χ2n) is 7.19. The fraction of sp³-hybridized carbons (Fsp3) is 0.160. The lowest BCUT2D eigenvalue weighted by Gasteiger charge is -2.28. The monoisotopic (exact) mass is 419 g/mol. The second-order valence-corrected chi connectivity index (χ2v) is 7.19. The Morgan fingerprint density at radius 3 is 2.32 bits per heavy atom. The summed E-state index contributed by atoms with van der Waals surface area (Å²) in [6.45, 7) is 0.189. The molecule has 1 aliphatic rings. The third-order valence-corrected chi connectivity index (χ3v) is 5.41. The SMILES string of the molecule is COc1ccc(CN2C(=O)C(O)=C(c3ccccc3)[C@H]2c2ccc(F)cc2)c(OC)c1. The number of benzene rings is 3. The number of rotatable bonds is 6. The van der Waals surface area contributed by atoms with Gasteiger partial charge in [0, 0.05) is 17.2 Å². The maximum Gasteiger partial charge on any atom is 0.290 e. The summed E-state index contributed by atoms with van der Waals surface area (Å²) in [6, 6.07) is 20.0. The summed E-state index contributed by atoms with van der Waals surface area (Å²) in [5.41, 5.74) is 2.67. The smallest absolute Gasteiger partial charge is 0.290 e. The average molecular weight is 419 g/mol. The largest absolute Gasteiger partial charge is 0.503 e. The highest BCUT2D eigenvalue weighted by Crippen LogP contribution is 2.44. The molecule has 0 aromatic heterocycles. The molecule has 1 atom stereocenters. The van der Waals surface area contributed by atoms with Gasteiger partial charge in [-0.2, -0.15) is 0 Å². The first kappa shape index (κ1) is 20.5. The van der Waals surface area contributed by atoms with E-state index in [2.05, 4.69) is 0 Å². The molecule has 1 heterocycles. The molecule has 1 amide bonds. The Hall–Kier alpha value is -3.80. The maximum atomic E-state index is 13.6. The first-order valence-corrected chi connectivity index (χ1v) is 9.79. The molecule has 0 bridgehead atoms. The Kier molecular flexibility index (Phi) is 5.62. The van der Waals surface area contributed by atoms with Crippen LogP contribution in [0.5, 0.6) is 11.5 Å². The highest BCUT2D eigenvalue weighted by atomic mass is 19.1. The van der Waals surface area contributed by atoms with Gasteiger partial charge in [-0.3, -0.25) is 4.79 Å². The van der Waals surface area contributed by atoms with Crippen molar-refractivity contribution in [2.75, 3.05) is 14.2 Å². The number of hydrogen-bond donors (Lipinski definition) is 1. The summed E-state index contributed by atoms with van der Waals surface area (Å²) < 4.78 is 24.3. The standard InChI is InChI=1S/C25H22FNO4/c1-30-20-13-10-18(21(14-20)31-2)15-27-23(17-8-11-19(26)12-9-17)22(24(28)25(27)29)16-6-4-3-5-7-16/h3-14,23,28H,15H2,1-2H3/t23-/m1/s1. The zero-order chi connectivity index (χ0) is 22.0. The van der Waals surface area contributed by atoms with Gasteiger partial charge in [0.1, 0.15) is 17.3 Å². The van der Waals surface area contributed by atoms with Crippen LogP contribution in [0.4, 0.5) is 4.39 Å². The molecule has 5 nitrogen and oxygen atoms in total. The molecular formula is C25H22FNO4. The predicted molar refractivity (Wildman–Crippen MR) is 115 cm³/mol. The van der Waals surface area contributed by atoms with Gasteiger partial charge in [0.05, 0.1) is 26.8 Å². The van der Waals surface area contributed by atoms with Crippen molar-refractivity contribution >= 4 is 11.5 Å². The van der Waals surface area contributed by atoms with Crippen LogP contribution < -0.4 is 9.47 Å². The fourth-order valence-corrected chi connectivity index (χ4v) is 3.89. The topological polar surface area (TPSA) is 59.0 Å². The Morgan fingerprint density at radius 2 is 1.68 bits per heavy atom. The molecule has 6 heteroatoms. The summed E-state index contributed by atoms with van der Waals surface area (Å²) in [5.74, 6) is 0.0250. The number of ether oxygens (including phenoxy) is 2. The van der Waals surface area contributed by atoms with Gasteiger partial charge in [0.25, 0.3) is 5.91 Å². The van der Waals surface area contributed by atoms with E-state index in [1.54, 1.807) is 43.4 Å². The van der Waals surface area contributed by atoms with Crippen LogP contribution in [-0.2, 0) is 11.3 Å². The minimum Gasteiger partial charge on any atom is -0.503 e. The van der Waals surface area contributed by atoms with Crippen LogP contribution in [0.2, 0.25) is 0 Å². The molecule has 158 valence electrons. The molecule has 0 saturated carbocycles. The van der Waals surface area contributed by atoms with Gasteiger partial charge in [0.15, 0.2) is 5.76 Å². The van der Waals surface area contributed by atoms with Gasteiger partial charge in [0.2, 0.25) is 0 Å². The van der Waals surface area contributed by atoms with Crippen LogP contribution in [-0.4, -0.2) is 30.1 Å². The van der Waals surface area contributed by atoms with E-state index >= 15 is 0 Å². The third-order valence-electron chi connectivity index (χ3n) is 5.41. The molecule has 0 unspecified atom stereocenters. The number of methoxy groups -OCH3 is 2. The van der Waals surface area contributed by atoms with Crippen LogP contribution in [0.25, 0.3) is 5.57 Å². The number of amides is 1. The molecule has 0 fully saturated rings. The predicted octanol–water partition coefficient (Wildman–Crippen LogP) is 4.90. The molecule has 31 heavy (non-hydrogen) atoms. The molecule has 1 N–H and O–H groups in total. The van der Waals surface area contributed by atoms with Crippen LogP contribution >= 0.6 is 0 Å². The lowest BCUT2D eigenvalue weighted by Crippen LogP contribution is -2.30. The zero-order valence-electron chi connectivity index (χ0n) is 17.2. The molecule has 4 rings (SSSR count). The van der Waals surface area contributed by atoms with Crippen LogP contribution in [0.3, 0.4) is 0 Å². The Balaban J connectivity index is 1.80. The number of hydrogen-bond acceptors (Lipinski definition) is 4. The quantitative estimate of drug-likeness (QED) is 0.618. The molecular weight excluding hydrogens is 397 g/mol. The van der Waals surface area contributed by atoms with Gasteiger partial charge in [-0.15, -0.1) is 0 Å². The number of nitrogens with zero attached hydrogens (tertiary/aromatic N) is 1. The summed E-state index contributed by atoms with van der Waals surface area (Å²) >= 11 is 0. The summed E-state index contributed by atoms with van der Waals surface area (Å²) in [7, 11) is 3.11. The van der Waals surface area contributed by atoms with E-state index in [1.165, 1.54) is 12.1 Å². The first-order valence-electron chi connectivity index (χ1n) is 9.79. The van der Waals surface area contributed by atoms with Crippen molar-refractivity contribution in [3.05, 3.63) is 101 Å². The van der Waals surface area contributed by atoms with Crippen molar-refractivity contribution < 1.29 is 23.8 Å². The van der Waals surface area contributed by atoms with Gasteiger partial charge in [-0.05, 0) is 35.4 Å². The molecule has 3 aromatic carbocycles. The number of aliphatic hydroxyl groups excluding tert-OH is 1. The van der Waals surface area contributed by atoms with Gasteiger partial charge in [-0.25, -0.2) is 4.39 Å². The molecule has 0 saturated heterocycles. The minimum absolute atomic E-state index is 0.189. The van der Waals surface area contributed by atoms with Crippen molar-refractivity contribution in [2.24, 2.45) is 0 Å². The number of halogens is 1. The van der Waals surface area contributed by atoms with E-state index in [1.807, 2.05) is 36.4 Å². The normalized spacial score (nSPS) is 16.0. The van der Waals surface area contributed by atoms with Crippen molar-refractivity contribution in [3.8, 4) is 11.5 Å². The molecule has 1 aliphatic heterocycles. The van der Waals surface area contributed by atoms with Gasteiger partial charge >= 0.3 is 0 Å². The number of carbonyl (C=O) groups excluding carboxylic acids is 1. The highest BCUT2D eigenvalue weighted by Gasteiger charge is 2.41. The van der Waals surface area contributed by atoms with E-state index in [0.717, 1.165) is 11.1 Å². The van der Waals surface area contributed by atoms with E-state index in [0.29, 0.717) is 22.6 Å². The van der Waals surface area contributed by atoms with Gasteiger partial charge < -0.3 is 19.5 Å². The number of aliphatic hydroxyl groups is 1. The van der Waals surface area contributed by atoms with Crippen molar-refractivity contribution in [1.29, 1.82) is 0 Å². The van der Waals surface area contributed by atoms with E-state index in [4.69, 9.17) is 9.47 Å². The van der Waals surface area contributed by atoms with Crippen molar-refractivity contribution in [1.82, 2.24) is 4.90 Å². The molecule has 0 radical (unpaired) electrons. The average Bonchev–Trinajstić information content (AvgIpc) is 3.05. The minimum atomic E-state index is -0.581. The van der Waals surface area contributed by atoms with E-state index < -0.39 is 11.9 Å². The summed E-state index contributed by atoms with van der Waals surface area (Å²) in [5, 5.41) is 10.8. The zero-order valence-corrected chi connectivity index (χ0v) is 17.2. The van der Waals surface area contributed by atoms with Gasteiger partial charge in [-0.1, -0.05) is 42.5 Å². The van der Waals surface area contributed by atoms with Crippen LogP contribution in [0.1, 0.15) is 22.7 Å². The fourth-order valence-electron chi connectivity index (χ4n) is 3.89. The highest BCUT2D eigenvalue weighted by molar-refractivity contribution is 6.05. The van der Waals surface area contributed by atoms with Crippen LogP contribution in [0, 0.1) is 5.82 Å². The van der Waals surface area contributed by atoms with E-state index in [9.17, 15) is 14.3 Å². The molecule has 0 spiro atoms. The van der Waals surface area contributed by atoms with E-state index in [-0.39, 0.29) is 18.1 Å². The Bertz CT molecular complexity index is 1130. The lowest BCUT2D eigenvalue weighted by molar-refractivity contribution is -0.130. The lowest BCUT2D eigenvalue weighted by atomic mass is 9.93. The second kappa shape index (κ2) is 8.52. The molecule has 0 aliphatic carbocycles. The molecule has 3 aromatic rings. The van der Waals surface area contributed by atoms with Crippen molar-refractivity contribution in [3.63, 3.8) is 0 Å². The first-order chi connectivity index (χ1) is 15.0. The summed E-state index contributed by atoms with van der Waals surface area (Å²) in [6.07, 6.45) is 0. The van der Waals surface area contributed by atoms with Crippen LogP contribution in [0.15, 0.2) is 78.6 Å². The third kappa shape index (κ3) is 3.84. The Morgan fingerprint density at radius 1 is 0.968 bits per heavy atom. The Labute approximate surface area is 180 Å². The summed E-state index contributed by atoms with van der Waals surface area (Å²) in [4.78, 5) is 14.7.